The van der Waals surface area contributed by atoms with E-state index in [1.54, 1.807) is 11.3 Å². The third-order valence-corrected chi connectivity index (χ3v) is 6.96. The van der Waals surface area contributed by atoms with Crippen molar-refractivity contribution >= 4 is 52.6 Å². The SMILES string of the molecule is CCNC(=NCC(c1cccs1)N1CCOCC1)NCCc1nc(C(C)(C)C)cs1.I. The molecule has 2 N–H and O–H groups in total. The molecule has 1 unspecified atom stereocenters. The van der Waals surface area contributed by atoms with Gasteiger partial charge in [-0.1, -0.05) is 26.8 Å². The van der Waals surface area contributed by atoms with Gasteiger partial charge in [-0.15, -0.1) is 46.7 Å². The van der Waals surface area contributed by atoms with Crippen LogP contribution < -0.4 is 10.6 Å². The normalized spacial score (nSPS) is 16.6. The molecule has 1 aliphatic heterocycles. The van der Waals surface area contributed by atoms with Crippen molar-refractivity contribution in [1.29, 1.82) is 0 Å². The first-order chi connectivity index (χ1) is 14.5. The Morgan fingerprint density at radius 2 is 2.03 bits per heavy atom. The average molecular weight is 578 g/mol. The van der Waals surface area contributed by atoms with Gasteiger partial charge in [0.25, 0.3) is 0 Å². The highest BCUT2D eigenvalue weighted by atomic mass is 127. The molecule has 1 aliphatic rings. The first kappa shape index (κ1) is 26.5. The molecule has 0 radical (unpaired) electrons. The molecule has 9 heteroatoms. The van der Waals surface area contributed by atoms with Crippen molar-refractivity contribution in [2.24, 2.45) is 4.99 Å². The van der Waals surface area contributed by atoms with E-state index in [0.29, 0.717) is 6.04 Å². The average Bonchev–Trinajstić information content (AvgIpc) is 3.41. The van der Waals surface area contributed by atoms with E-state index in [1.165, 1.54) is 15.6 Å². The number of ether oxygens (including phenoxy) is 1. The highest BCUT2D eigenvalue weighted by Crippen LogP contribution is 2.26. The summed E-state index contributed by atoms with van der Waals surface area (Å²) in [6.45, 7) is 14.7. The molecule has 2 aromatic heterocycles. The summed E-state index contributed by atoms with van der Waals surface area (Å²) in [5, 5.41) is 12.4. The number of thiazole rings is 1. The van der Waals surface area contributed by atoms with Gasteiger partial charge < -0.3 is 15.4 Å². The highest BCUT2D eigenvalue weighted by molar-refractivity contribution is 14.0. The summed E-state index contributed by atoms with van der Waals surface area (Å²) in [6, 6.07) is 4.65. The maximum Gasteiger partial charge on any atom is 0.191 e. The van der Waals surface area contributed by atoms with E-state index in [1.807, 2.05) is 11.3 Å². The van der Waals surface area contributed by atoms with E-state index < -0.39 is 0 Å². The molecular formula is C22H36IN5OS2. The Kier molecular flexibility index (Phi) is 11.2. The van der Waals surface area contributed by atoms with Crippen molar-refractivity contribution in [2.45, 2.75) is 45.6 Å². The Bertz CT molecular complexity index is 782. The van der Waals surface area contributed by atoms with Crippen molar-refractivity contribution in [2.75, 3.05) is 45.9 Å². The molecule has 0 aromatic carbocycles. The number of guanidine groups is 1. The minimum Gasteiger partial charge on any atom is -0.379 e. The summed E-state index contributed by atoms with van der Waals surface area (Å²) in [5.74, 6) is 0.875. The second-order valence-corrected chi connectivity index (χ2v) is 10.4. The number of rotatable bonds is 8. The molecule has 0 aliphatic carbocycles. The van der Waals surface area contributed by atoms with Gasteiger partial charge in [-0.05, 0) is 18.4 Å². The second-order valence-electron chi connectivity index (χ2n) is 8.45. The lowest BCUT2D eigenvalue weighted by Gasteiger charge is -2.33. The molecule has 2 aromatic rings. The number of morpholine rings is 1. The van der Waals surface area contributed by atoms with E-state index >= 15 is 0 Å². The third kappa shape index (κ3) is 8.27. The summed E-state index contributed by atoms with van der Waals surface area (Å²) in [7, 11) is 0. The number of aromatic nitrogens is 1. The van der Waals surface area contributed by atoms with Crippen LogP contribution in [0.5, 0.6) is 0 Å². The van der Waals surface area contributed by atoms with Gasteiger partial charge in [0.2, 0.25) is 0 Å². The third-order valence-electron chi connectivity index (χ3n) is 5.08. The van der Waals surface area contributed by atoms with E-state index in [-0.39, 0.29) is 29.4 Å². The van der Waals surface area contributed by atoms with Crippen LogP contribution >= 0.6 is 46.7 Å². The van der Waals surface area contributed by atoms with Gasteiger partial charge >= 0.3 is 0 Å². The summed E-state index contributed by atoms with van der Waals surface area (Å²) < 4.78 is 5.55. The minimum absolute atomic E-state index is 0. The number of hydrogen-bond donors (Lipinski definition) is 2. The van der Waals surface area contributed by atoms with Crippen LogP contribution in [-0.2, 0) is 16.6 Å². The molecular weight excluding hydrogens is 541 g/mol. The van der Waals surface area contributed by atoms with Gasteiger partial charge in [-0.25, -0.2) is 4.98 Å². The molecule has 0 spiro atoms. The van der Waals surface area contributed by atoms with Gasteiger partial charge in [0.05, 0.1) is 36.5 Å². The number of hydrogen-bond acceptors (Lipinski definition) is 6. The molecule has 31 heavy (non-hydrogen) atoms. The van der Waals surface area contributed by atoms with Gasteiger partial charge in [-0.2, -0.15) is 0 Å². The van der Waals surface area contributed by atoms with Crippen LogP contribution in [0.25, 0.3) is 0 Å². The highest BCUT2D eigenvalue weighted by Gasteiger charge is 2.23. The number of nitrogens with zero attached hydrogens (tertiary/aromatic N) is 3. The molecule has 1 fully saturated rings. The molecule has 3 rings (SSSR count). The molecule has 3 heterocycles. The lowest BCUT2D eigenvalue weighted by Crippen LogP contribution is -2.42. The van der Waals surface area contributed by atoms with Crippen LogP contribution in [0.15, 0.2) is 27.9 Å². The first-order valence-electron chi connectivity index (χ1n) is 10.8. The molecule has 174 valence electrons. The summed E-state index contributed by atoms with van der Waals surface area (Å²) >= 11 is 3.56. The molecule has 0 bridgehead atoms. The monoisotopic (exact) mass is 577 g/mol. The molecule has 0 amide bonds. The van der Waals surface area contributed by atoms with Crippen molar-refractivity contribution in [3.63, 3.8) is 0 Å². The Morgan fingerprint density at radius 1 is 1.26 bits per heavy atom. The van der Waals surface area contributed by atoms with Gasteiger partial charge in [-0.3, -0.25) is 9.89 Å². The first-order valence-corrected chi connectivity index (χ1v) is 12.6. The van der Waals surface area contributed by atoms with Crippen LogP contribution in [0.3, 0.4) is 0 Å². The zero-order valence-corrected chi connectivity index (χ0v) is 23.0. The summed E-state index contributed by atoms with van der Waals surface area (Å²) in [6.07, 6.45) is 0.906. The van der Waals surface area contributed by atoms with Gasteiger partial charge in [0, 0.05) is 48.3 Å². The van der Waals surface area contributed by atoms with Crippen LogP contribution in [0.2, 0.25) is 0 Å². The number of halogens is 1. The fourth-order valence-electron chi connectivity index (χ4n) is 3.33. The van der Waals surface area contributed by atoms with Crippen molar-refractivity contribution < 1.29 is 4.74 Å². The van der Waals surface area contributed by atoms with E-state index in [4.69, 9.17) is 14.7 Å². The molecule has 0 saturated carbocycles. The Morgan fingerprint density at radius 3 is 2.65 bits per heavy atom. The summed E-state index contributed by atoms with van der Waals surface area (Å²) in [4.78, 5) is 13.6. The topological polar surface area (TPSA) is 61.8 Å². The number of thiophene rings is 1. The van der Waals surface area contributed by atoms with Crippen molar-refractivity contribution in [3.8, 4) is 0 Å². The van der Waals surface area contributed by atoms with E-state index in [9.17, 15) is 0 Å². The Hall–Kier alpha value is -0.750. The van der Waals surface area contributed by atoms with Crippen molar-refractivity contribution in [3.05, 3.63) is 38.5 Å². The Labute approximate surface area is 211 Å². The predicted molar refractivity (Wildman–Crippen MR) is 143 cm³/mol. The van der Waals surface area contributed by atoms with Crippen LogP contribution in [0.4, 0.5) is 0 Å². The lowest BCUT2D eigenvalue weighted by molar-refractivity contribution is 0.0186. The largest absolute Gasteiger partial charge is 0.379 e. The van der Waals surface area contributed by atoms with Gasteiger partial charge in [0.1, 0.15) is 0 Å². The van der Waals surface area contributed by atoms with E-state index in [0.717, 1.165) is 58.3 Å². The minimum atomic E-state index is 0. The maximum absolute atomic E-state index is 5.55. The summed E-state index contributed by atoms with van der Waals surface area (Å²) in [5.41, 5.74) is 1.28. The molecule has 1 atom stereocenters. The number of aliphatic imine (C=N–C) groups is 1. The van der Waals surface area contributed by atoms with Crippen LogP contribution in [0, 0.1) is 0 Å². The standard InChI is InChI=1S/C22H35N5OS2.HI/c1-5-23-21(24-9-8-20-26-19(16-30-20)22(2,3)4)25-15-17(18-7-6-14-29-18)27-10-12-28-13-11-27;/h6-7,14,16-17H,5,8-13,15H2,1-4H3,(H2,23,24,25);1H. The Balaban J connectivity index is 0.00000341. The number of nitrogens with one attached hydrogen (secondary N) is 2. The quantitative estimate of drug-likeness (QED) is 0.279. The maximum atomic E-state index is 5.55. The zero-order chi connectivity index (χ0) is 21.4. The van der Waals surface area contributed by atoms with Crippen LogP contribution in [0.1, 0.15) is 49.3 Å². The van der Waals surface area contributed by atoms with Crippen LogP contribution in [-0.4, -0.2) is 61.8 Å². The molecule has 1 saturated heterocycles. The van der Waals surface area contributed by atoms with Gasteiger partial charge in [0.15, 0.2) is 5.96 Å². The van der Waals surface area contributed by atoms with Crippen molar-refractivity contribution in [1.82, 2.24) is 20.5 Å². The second kappa shape index (κ2) is 13.1. The fourth-order valence-corrected chi connectivity index (χ4v) is 5.21. The smallest absolute Gasteiger partial charge is 0.191 e. The fraction of sp³-hybridized carbons (Fsp3) is 0.636. The predicted octanol–water partition coefficient (Wildman–Crippen LogP) is 4.29. The lowest BCUT2D eigenvalue weighted by atomic mass is 9.93. The zero-order valence-electron chi connectivity index (χ0n) is 19.0. The van der Waals surface area contributed by atoms with E-state index in [2.05, 4.69) is 66.1 Å². The molecule has 6 nitrogen and oxygen atoms in total.